The Hall–Kier alpha value is -0.610. The molecule has 1 saturated heterocycles. The van der Waals surface area contributed by atoms with Crippen molar-refractivity contribution < 1.29 is 9.53 Å². The number of hydrogen-bond donors (Lipinski definition) is 1. The van der Waals surface area contributed by atoms with Crippen LogP contribution in [0.15, 0.2) is 0 Å². The Balaban J connectivity index is 1.79. The zero-order valence-electron chi connectivity index (χ0n) is 12.0. The molecule has 2 rings (SSSR count). The summed E-state index contributed by atoms with van der Waals surface area (Å²) in [5.41, 5.74) is -0.439. The highest BCUT2D eigenvalue weighted by molar-refractivity contribution is 5.76. The van der Waals surface area contributed by atoms with Crippen molar-refractivity contribution in [2.24, 2.45) is 5.41 Å². The fourth-order valence-corrected chi connectivity index (χ4v) is 2.87. The Morgan fingerprint density at radius 1 is 1.44 bits per heavy atom. The van der Waals surface area contributed by atoms with Crippen molar-refractivity contribution in [2.75, 3.05) is 20.2 Å². The van der Waals surface area contributed by atoms with Gasteiger partial charge >= 0.3 is 5.97 Å². The summed E-state index contributed by atoms with van der Waals surface area (Å²) in [6.45, 7) is 8.00. The highest BCUT2D eigenvalue weighted by Gasteiger charge is 2.39. The minimum atomic E-state index is -0.439. The van der Waals surface area contributed by atoms with Crippen molar-refractivity contribution in [3.63, 3.8) is 0 Å². The first kappa shape index (κ1) is 13.8. The van der Waals surface area contributed by atoms with Gasteiger partial charge in [0, 0.05) is 31.2 Å². The Morgan fingerprint density at radius 2 is 2.11 bits per heavy atom. The van der Waals surface area contributed by atoms with Gasteiger partial charge in [-0.3, -0.25) is 9.69 Å². The predicted molar refractivity (Wildman–Crippen MR) is 71.4 cm³/mol. The maximum Gasteiger partial charge on any atom is 0.312 e. The van der Waals surface area contributed by atoms with E-state index in [2.05, 4.69) is 17.1 Å². The lowest BCUT2D eigenvalue weighted by atomic mass is 9.93. The van der Waals surface area contributed by atoms with Gasteiger partial charge in [-0.1, -0.05) is 0 Å². The first-order valence-electron chi connectivity index (χ1n) is 7.01. The van der Waals surface area contributed by atoms with E-state index in [9.17, 15) is 4.79 Å². The second kappa shape index (κ2) is 5.17. The van der Waals surface area contributed by atoms with Crippen LogP contribution in [0.25, 0.3) is 0 Å². The van der Waals surface area contributed by atoms with E-state index in [1.165, 1.54) is 26.4 Å². The second-order valence-corrected chi connectivity index (χ2v) is 6.47. The van der Waals surface area contributed by atoms with E-state index in [1.54, 1.807) is 0 Å². The van der Waals surface area contributed by atoms with E-state index in [1.807, 2.05) is 13.8 Å². The van der Waals surface area contributed by atoms with Crippen molar-refractivity contribution in [3.8, 4) is 0 Å². The number of carbonyl (C=O) groups is 1. The minimum absolute atomic E-state index is 0.139. The molecule has 2 atom stereocenters. The minimum Gasteiger partial charge on any atom is -0.469 e. The lowest BCUT2D eigenvalue weighted by Crippen LogP contribution is -2.42. The lowest BCUT2D eigenvalue weighted by molar-refractivity contribution is -0.150. The van der Waals surface area contributed by atoms with E-state index < -0.39 is 5.41 Å². The molecule has 4 heteroatoms. The van der Waals surface area contributed by atoms with Crippen molar-refractivity contribution in [2.45, 2.75) is 58.2 Å². The normalized spacial score (nSPS) is 29.6. The lowest BCUT2D eigenvalue weighted by Gasteiger charge is -2.24. The molecule has 1 aliphatic heterocycles. The van der Waals surface area contributed by atoms with Crippen molar-refractivity contribution in [3.05, 3.63) is 0 Å². The molecule has 0 aromatic heterocycles. The molecule has 2 fully saturated rings. The zero-order valence-corrected chi connectivity index (χ0v) is 12.0. The van der Waals surface area contributed by atoms with Crippen molar-refractivity contribution >= 4 is 5.97 Å². The van der Waals surface area contributed by atoms with Gasteiger partial charge in [0.1, 0.15) is 0 Å². The Morgan fingerprint density at radius 3 is 2.67 bits per heavy atom. The average Bonchev–Trinajstić information content (AvgIpc) is 3.10. The summed E-state index contributed by atoms with van der Waals surface area (Å²) in [5.74, 6) is -0.139. The smallest absolute Gasteiger partial charge is 0.312 e. The van der Waals surface area contributed by atoms with Crippen LogP contribution in [0.3, 0.4) is 0 Å². The van der Waals surface area contributed by atoms with Gasteiger partial charge in [-0.2, -0.15) is 0 Å². The molecule has 0 bridgehead atoms. The Bertz CT molecular complexity index is 313. The number of likely N-dealkylation sites (tertiary alicyclic amines) is 1. The SMILES string of the molecule is COC(=O)C(C)(C)CN[C@H]1C[C@H](C)N(C2CC2)C1. The van der Waals surface area contributed by atoms with Gasteiger partial charge in [0.05, 0.1) is 12.5 Å². The summed E-state index contributed by atoms with van der Waals surface area (Å²) in [7, 11) is 1.45. The predicted octanol–water partition coefficient (Wildman–Crippen LogP) is 1.40. The summed E-state index contributed by atoms with van der Waals surface area (Å²) < 4.78 is 4.83. The molecule has 104 valence electrons. The molecule has 4 nitrogen and oxygen atoms in total. The summed E-state index contributed by atoms with van der Waals surface area (Å²) in [6.07, 6.45) is 3.92. The topological polar surface area (TPSA) is 41.6 Å². The highest BCUT2D eigenvalue weighted by Crippen LogP contribution is 2.33. The number of esters is 1. The number of rotatable bonds is 5. The number of nitrogens with zero attached hydrogens (tertiary/aromatic N) is 1. The molecular formula is C14H26N2O2. The highest BCUT2D eigenvalue weighted by atomic mass is 16.5. The molecule has 0 radical (unpaired) electrons. The first-order chi connectivity index (χ1) is 8.44. The van der Waals surface area contributed by atoms with Crippen LogP contribution in [0.5, 0.6) is 0 Å². The molecule has 0 aromatic rings. The Kier molecular flexibility index (Phi) is 3.97. The van der Waals surface area contributed by atoms with Crippen LogP contribution >= 0.6 is 0 Å². The van der Waals surface area contributed by atoms with E-state index in [4.69, 9.17) is 4.74 Å². The first-order valence-corrected chi connectivity index (χ1v) is 7.01. The second-order valence-electron chi connectivity index (χ2n) is 6.47. The van der Waals surface area contributed by atoms with Crippen LogP contribution in [0.4, 0.5) is 0 Å². The fourth-order valence-electron chi connectivity index (χ4n) is 2.87. The Labute approximate surface area is 110 Å². The third-order valence-electron chi connectivity index (χ3n) is 4.21. The third-order valence-corrected chi connectivity index (χ3v) is 4.21. The summed E-state index contributed by atoms with van der Waals surface area (Å²) >= 11 is 0. The molecule has 1 saturated carbocycles. The van der Waals surface area contributed by atoms with Crippen LogP contribution in [-0.2, 0) is 9.53 Å². The summed E-state index contributed by atoms with van der Waals surface area (Å²) in [5, 5.41) is 3.54. The van der Waals surface area contributed by atoms with Crippen LogP contribution < -0.4 is 5.32 Å². The molecule has 0 unspecified atom stereocenters. The van der Waals surface area contributed by atoms with Gasteiger partial charge in [0.25, 0.3) is 0 Å². The van der Waals surface area contributed by atoms with Crippen molar-refractivity contribution in [1.29, 1.82) is 0 Å². The van der Waals surface area contributed by atoms with Crippen LogP contribution in [-0.4, -0.2) is 49.2 Å². The van der Waals surface area contributed by atoms with Gasteiger partial charge in [0.15, 0.2) is 0 Å². The molecule has 0 spiro atoms. The van der Waals surface area contributed by atoms with Crippen molar-refractivity contribution in [1.82, 2.24) is 10.2 Å². The maximum atomic E-state index is 11.6. The summed E-state index contributed by atoms with van der Waals surface area (Å²) in [6, 6.07) is 2.03. The quantitative estimate of drug-likeness (QED) is 0.753. The van der Waals surface area contributed by atoms with E-state index in [0.29, 0.717) is 18.6 Å². The number of hydrogen-bond acceptors (Lipinski definition) is 4. The molecule has 0 amide bonds. The van der Waals surface area contributed by atoms with Crippen LogP contribution in [0.2, 0.25) is 0 Å². The molecule has 2 aliphatic rings. The monoisotopic (exact) mass is 254 g/mol. The molecule has 1 aliphatic carbocycles. The number of methoxy groups -OCH3 is 1. The molecule has 0 aromatic carbocycles. The largest absolute Gasteiger partial charge is 0.469 e. The standard InChI is InChI=1S/C14H26N2O2/c1-10-7-11(8-16(10)12-5-6-12)15-9-14(2,3)13(17)18-4/h10-12,15H,5-9H2,1-4H3/t10-,11-/m0/s1. The maximum absolute atomic E-state index is 11.6. The molecule has 1 heterocycles. The number of carbonyl (C=O) groups excluding carboxylic acids is 1. The van der Waals surface area contributed by atoms with E-state index in [0.717, 1.165) is 12.6 Å². The fraction of sp³-hybridized carbons (Fsp3) is 0.929. The van der Waals surface area contributed by atoms with Crippen LogP contribution in [0, 0.1) is 5.41 Å². The van der Waals surface area contributed by atoms with Gasteiger partial charge < -0.3 is 10.1 Å². The van der Waals surface area contributed by atoms with Gasteiger partial charge in [-0.05, 0) is 40.0 Å². The van der Waals surface area contributed by atoms with Gasteiger partial charge in [-0.15, -0.1) is 0 Å². The summed E-state index contributed by atoms with van der Waals surface area (Å²) in [4.78, 5) is 14.2. The van der Waals surface area contributed by atoms with E-state index >= 15 is 0 Å². The number of ether oxygens (including phenoxy) is 1. The molecule has 18 heavy (non-hydrogen) atoms. The van der Waals surface area contributed by atoms with E-state index in [-0.39, 0.29) is 5.97 Å². The average molecular weight is 254 g/mol. The third kappa shape index (κ3) is 3.04. The van der Waals surface area contributed by atoms with Crippen LogP contribution in [0.1, 0.15) is 40.0 Å². The zero-order chi connectivity index (χ0) is 13.3. The molecule has 1 N–H and O–H groups in total. The number of nitrogens with one attached hydrogen (secondary N) is 1. The van der Waals surface area contributed by atoms with Gasteiger partial charge in [0.2, 0.25) is 0 Å². The molecular weight excluding hydrogens is 228 g/mol. The van der Waals surface area contributed by atoms with Gasteiger partial charge in [-0.25, -0.2) is 0 Å².